The Morgan fingerprint density at radius 1 is 1.53 bits per heavy atom. The van der Waals surface area contributed by atoms with E-state index in [1.54, 1.807) is 0 Å². The Balaban J connectivity index is 2.44. The fourth-order valence-corrected chi connectivity index (χ4v) is 2.12. The van der Waals surface area contributed by atoms with Crippen LogP contribution in [0.15, 0.2) is 0 Å². The van der Waals surface area contributed by atoms with Crippen molar-refractivity contribution in [3.05, 3.63) is 0 Å². The first-order valence-corrected chi connectivity index (χ1v) is 5.77. The van der Waals surface area contributed by atoms with E-state index in [1.165, 1.54) is 6.42 Å². The Morgan fingerprint density at radius 2 is 2.20 bits per heavy atom. The molecule has 0 aromatic carbocycles. The predicted octanol–water partition coefficient (Wildman–Crippen LogP) is 0.818. The molecule has 0 aromatic heterocycles. The summed E-state index contributed by atoms with van der Waals surface area (Å²) in [6.45, 7) is 2.04. The van der Waals surface area contributed by atoms with Crippen molar-refractivity contribution >= 4 is 5.97 Å². The molecule has 3 unspecified atom stereocenters. The minimum absolute atomic E-state index is 0.0163. The van der Waals surface area contributed by atoms with Gasteiger partial charge in [-0.15, -0.1) is 0 Å². The van der Waals surface area contributed by atoms with Crippen molar-refractivity contribution in [3.8, 4) is 0 Å². The van der Waals surface area contributed by atoms with Crippen molar-refractivity contribution in [2.45, 2.75) is 51.2 Å². The number of rotatable bonds is 4. The molecule has 1 fully saturated rings. The lowest BCUT2D eigenvalue weighted by Gasteiger charge is -2.30. The smallest absolute Gasteiger partial charge is 0.336 e. The molecule has 0 amide bonds. The Labute approximate surface area is 90.8 Å². The number of carbonyl (C=O) groups excluding carboxylic acids is 1. The summed E-state index contributed by atoms with van der Waals surface area (Å²) in [6.07, 6.45) is 4.20. The lowest BCUT2D eigenvalue weighted by molar-refractivity contribution is -0.163. The summed E-state index contributed by atoms with van der Waals surface area (Å²) in [4.78, 5) is 11.4. The highest BCUT2D eigenvalue weighted by molar-refractivity contribution is 5.74. The van der Waals surface area contributed by atoms with Gasteiger partial charge in [-0.1, -0.05) is 13.3 Å². The molecule has 1 saturated carbocycles. The Morgan fingerprint density at radius 3 is 2.80 bits per heavy atom. The Hall–Kier alpha value is -0.610. The molecule has 4 nitrogen and oxygen atoms in total. The fraction of sp³-hybridized carbons (Fsp3) is 0.909. The zero-order valence-electron chi connectivity index (χ0n) is 9.32. The fourth-order valence-electron chi connectivity index (χ4n) is 2.12. The maximum absolute atomic E-state index is 11.4. The monoisotopic (exact) mass is 215 g/mol. The number of esters is 1. The van der Waals surface area contributed by atoms with Crippen LogP contribution >= 0.6 is 0 Å². The minimum atomic E-state index is -1.16. The summed E-state index contributed by atoms with van der Waals surface area (Å²) in [5.74, 6) is -0.115. The van der Waals surface area contributed by atoms with Crippen molar-refractivity contribution in [2.24, 2.45) is 11.7 Å². The van der Waals surface area contributed by atoms with Gasteiger partial charge in [0.2, 0.25) is 0 Å². The van der Waals surface area contributed by atoms with Gasteiger partial charge in [-0.3, -0.25) is 0 Å². The first kappa shape index (κ1) is 12.5. The van der Waals surface area contributed by atoms with Gasteiger partial charge in [0.15, 0.2) is 6.10 Å². The molecule has 0 radical (unpaired) electrons. The average Bonchev–Trinajstić information content (AvgIpc) is 2.28. The zero-order chi connectivity index (χ0) is 11.3. The Bertz CT molecular complexity index is 208. The van der Waals surface area contributed by atoms with Crippen LogP contribution in [-0.4, -0.2) is 29.8 Å². The first-order chi connectivity index (χ1) is 7.19. The minimum Gasteiger partial charge on any atom is -0.460 e. The molecule has 0 bridgehead atoms. The molecule has 1 aliphatic carbocycles. The van der Waals surface area contributed by atoms with Gasteiger partial charge in [0.05, 0.1) is 0 Å². The summed E-state index contributed by atoms with van der Waals surface area (Å²) in [7, 11) is 0. The largest absolute Gasteiger partial charge is 0.460 e. The van der Waals surface area contributed by atoms with Gasteiger partial charge >= 0.3 is 5.97 Å². The molecule has 1 rings (SSSR count). The molecule has 3 atom stereocenters. The second kappa shape index (κ2) is 6.08. The van der Waals surface area contributed by atoms with E-state index in [1.807, 2.05) is 0 Å². The number of hydrogen-bond acceptors (Lipinski definition) is 4. The zero-order valence-corrected chi connectivity index (χ0v) is 9.32. The van der Waals surface area contributed by atoms with Crippen LogP contribution in [0, 0.1) is 5.92 Å². The van der Waals surface area contributed by atoms with Gasteiger partial charge in [-0.25, -0.2) is 4.79 Å². The third kappa shape index (κ3) is 3.47. The Kier molecular flexibility index (Phi) is 5.05. The van der Waals surface area contributed by atoms with Crippen molar-refractivity contribution in [1.82, 2.24) is 0 Å². The van der Waals surface area contributed by atoms with E-state index in [2.05, 4.69) is 6.92 Å². The van der Waals surface area contributed by atoms with E-state index in [-0.39, 0.29) is 12.6 Å². The van der Waals surface area contributed by atoms with Gasteiger partial charge < -0.3 is 15.6 Å². The highest BCUT2D eigenvalue weighted by Crippen LogP contribution is 2.29. The molecule has 88 valence electrons. The van der Waals surface area contributed by atoms with Crippen LogP contribution in [0.5, 0.6) is 0 Å². The quantitative estimate of drug-likeness (QED) is 0.681. The molecule has 0 heterocycles. The molecule has 0 aromatic rings. The van der Waals surface area contributed by atoms with E-state index in [4.69, 9.17) is 10.5 Å². The lowest BCUT2D eigenvalue weighted by atomic mass is 9.85. The number of aliphatic hydroxyl groups excluding tert-OH is 1. The number of hydrogen-bond donors (Lipinski definition) is 2. The number of nitrogens with two attached hydrogens (primary N) is 1. The molecule has 0 saturated heterocycles. The molecule has 1 aliphatic rings. The van der Waals surface area contributed by atoms with Crippen LogP contribution in [0.4, 0.5) is 0 Å². The van der Waals surface area contributed by atoms with E-state index >= 15 is 0 Å². The maximum atomic E-state index is 11.4. The molecule has 15 heavy (non-hydrogen) atoms. The van der Waals surface area contributed by atoms with Gasteiger partial charge in [0.25, 0.3) is 0 Å². The van der Waals surface area contributed by atoms with Crippen LogP contribution < -0.4 is 5.73 Å². The second-order valence-electron chi connectivity index (χ2n) is 4.18. The molecule has 3 N–H and O–H groups in total. The predicted molar refractivity (Wildman–Crippen MR) is 57.2 cm³/mol. The molecule has 0 spiro atoms. The van der Waals surface area contributed by atoms with Crippen molar-refractivity contribution in [1.29, 1.82) is 0 Å². The van der Waals surface area contributed by atoms with Gasteiger partial charge in [-0.2, -0.15) is 0 Å². The maximum Gasteiger partial charge on any atom is 0.336 e. The second-order valence-corrected chi connectivity index (χ2v) is 4.18. The number of ether oxygens (including phenoxy) is 1. The number of aliphatic hydroxyl groups is 1. The number of carbonyl (C=O) groups is 1. The molecule has 4 heteroatoms. The van der Waals surface area contributed by atoms with E-state index in [9.17, 15) is 9.90 Å². The summed E-state index contributed by atoms with van der Waals surface area (Å²) in [5.41, 5.74) is 5.19. The summed E-state index contributed by atoms with van der Waals surface area (Å²) >= 11 is 0. The highest BCUT2D eigenvalue weighted by Gasteiger charge is 2.28. The third-order valence-corrected chi connectivity index (χ3v) is 3.13. The standard InChI is InChI=1S/C11H21NO3/c1-2-8-5-3-4-6-10(8)15-11(14)9(13)7-12/h8-10,13H,2-7,12H2,1H3. The van der Waals surface area contributed by atoms with Gasteiger partial charge in [0, 0.05) is 6.54 Å². The molecular formula is C11H21NO3. The summed E-state index contributed by atoms with van der Waals surface area (Å²) < 4.78 is 5.28. The normalized spacial score (nSPS) is 28.5. The molecule has 0 aliphatic heterocycles. The van der Waals surface area contributed by atoms with Crippen LogP contribution in [-0.2, 0) is 9.53 Å². The molecular weight excluding hydrogens is 194 g/mol. The highest BCUT2D eigenvalue weighted by atomic mass is 16.6. The van der Waals surface area contributed by atoms with Gasteiger partial charge in [-0.05, 0) is 31.6 Å². The van der Waals surface area contributed by atoms with Crippen LogP contribution in [0.25, 0.3) is 0 Å². The van der Waals surface area contributed by atoms with Crippen molar-refractivity contribution in [2.75, 3.05) is 6.54 Å². The van der Waals surface area contributed by atoms with Crippen LogP contribution in [0.2, 0.25) is 0 Å². The van der Waals surface area contributed by atoms with Gasteiger partial charge in [0.1, 0.15) is 6.10 Å². The SMILES string of the molecule is CCC1CCCCC1OC(=O)C(O)CN. The van der Waals surface area contributed by atoms with E-state index in [0.29, 0.717) is 5.92 Å². The average molecular weight is 215 g/mol. The summed E-state index contributed by atoms with van der Waals surface area (Å²) in [6, 6.07) is 0. The van der Waals surface area contributed by atoms with E-state index < -0.39 is 12.1 Å². The van der Waals surface area contributed by atoms with Crippen molar-refractivity contribution < 1.29 is 14.6 Å². The lowest BCUT2D eigenvalue weighted by Crippen LogP contribution is -2.37. The third-order valence-electron chi connectivity index (χ3n) is 3.13. The first-order valence-electron chi connectivity index (χ1n) is 5.77. The van der Waals surface area contributed by atoms with E-state index in [0.717, 1.165) is 25.7 Å². The van der Waals surface area contributed by atoms with Crippen molar-refractivity contribution in [3.63, 3.8) is 0 Å². The van der Waals surface area contributed by atoms with Crippen LogP contribution in [0.1, 0.15) is 39.0 Å². The summed E-state index contributed by atoms with van der Waals surface area (Å²) in [5, 5.41) is 9.22. The topological polar surface area (TPSA) is 72.5 Å². The van der Waals surface area contributed by atoms with Crippen LogP contribution in [0.3, 0.4) is 0 Å².